The molecule has 0 saturated heterocycles. The number of hydrogen-bond donors (Lipinski definition) is 1. The zero-order chi connectivity index (χ0) is 16.4. The van der Waals surface area contributed by atoms with Crippen molar-refractivity contribution < 1.29 is 9.32 Å². The molecule has 0 atom stereocenters. The van der Waals surface area contributed by atoms with Gasteiger partial charge in [0, 0.05) is 23.2 Å². The molecule has 23 heavy (non-hydrogen) atoms. The topological polar surface area (TPSA) is 55.1 Å². The molecule has 2 aromatic rings. The zero-order valence-electron chi connectivity index (χ0n) is 13.4. The maximum atomic E-state index is 12.5. The van der Waals surface area contributed by atoms with Gasteiger partial charge >= 0.3 is 0 Å². The van der Waals surface area contributed by atoms with Crippen molar-refractivity contribution in [3.05, 3.63) is 41.0 Å². The minimum atomic E-state index is -0.495. The Balaban J connectivity index is 1.72. The first-order chi connectivity index (χ1) is 11.0. The van der Waals surface area contributed by atoms with Gasteiger partial charge in [-0.1, -0.05) is 30.6 Å². The Morgan fingerprint density at radius 3 is 2.65 bits per heavy atom. The summed E-state index contributed by atoms with van der Waals surface area (Å²) in [6.45, 7) is 5.00. The van der Waals surface area contributed by atoms with Crippen molar-refractivity contribution in [3.63, 3.8) is 0 Å². The number of aromatic nitrogens is 1. The van der Waals surface area contributed by atoms with Gasteiger partial charge in [0.15, 0.2) is 5.76 Å². The summed E-state index contributed by atoms with van der Waals surface area (Å²) in [5.41, 5.74) is 1.14. The zero-order valence-corrected chi connectivity index (χ0v) is 14.2. The van der Waals surface area contributed by atoms with Crippen molar-refractivity contribution >= 4 is 17.5 Å². The molecule has 0 unspecified atom stereocenters. The van der Waals surface area contributed by atoms with Crippen molar-refractivity contribution in [1.82, 2.24) is 10.5 Å². The van der Waals surface area contributed by atoms with Crippen LogP contribution in [0.4, 0.5) is 0 Å². The second kappa shape index (κ2) is 6.36. The Hall–Kier alpha value is -1.81. The predicted octanol–water partition coefficient (Wildman–Crippen LogP) is 4.19. The largest absolute Gasteiger partial charge is 0.356 e. The first kappa shape index (κ1) is 16.1. The molecule has 1 N–H and O–H groups in total. The molecule has 0 spiro atoms. The molecule has 1 amide bonds. The summed E-state index contributed by atoms with van der Waals surface area (Å²) in [5, 5.41) is 7.86. The highest BCUT2D eigenvalue weighted by atomic mass is 35.5. The average Bonchev–Trinajstić information content (AvgIpc) is 3.19. The SMILES string of the molecule is CC(C)CCNC(=O)C1(c2cc(-c3ccc(Cl)cc3)on2)CC1. The van der Waals surface area contributed by atoms with Gasteiger partial charge in [0.25, 0.3) is 0 Å². The average molecular weight is 333 g/mol. The second-order valence-corrected chi connectivity index (χ2v) is 7.04. The fraction of sp³-hybridized carbons (Fsp3) is 0.444. The molecule has 4 nitrogen and oxygen atoms in total. The molecule has 122 valence electrons. The van der Waals surface area contributed by atoms with Crippen LogP contribution in [-0.2, 0) is 10.2 Å². The van der Waals surface area contributed by atoms with E-state index in [4.69, 9.17) is 16.1 Å². The molecule has 5 heteroatoms. The van der Waals surface area contributed by atoms with Crippen LogP contribution in [-0.4, -0.2) is 17.6 Å². The molecular weight excluding hydrogens is 312 g/mol. The van der Waals surface area contributed by atoms with Crippen LogP contribution >= 0.6 is 11.6 Å². The van der Waals surface area contributed by atoms with E-state index in [2.05, 4.69) is 24.3 Å². The van der Waals surface area contributed by atoms with Crippen LogP contribution < -0.4 is 5.32 Å². The smallest absolute Gasteiger partial charge is 0.232 e. The van der Waals surface area contributed by atoms with Crippen LogP contribution in [0.3, 0.4) is 0 Å². The van der Waals surface area contributed by atoms with Gasteiger partial charge in [-0.15, -0.1) is 0 Å². The first-order valence-corrected chi connectivity index (χ1v) is 8.40. The van der Waals surface area contributed by atoms with E-state index in [1.165, 1.54) is 0 Å². The molecule has 3 rings (SSSR count). The van der Waals surface area contributed by atoms with E-state index in [1.54, 1.807) is 0 Å². The fourth-order valence-corrected chi connectivity index (χ4v) is 2.75. The van der Waals surface area contributed by atoms with Crippen molar-refractivity contribution in [2.75, 3.05) is 6.54 Å². The Morgan fingerprint density at radius 1 is 1.35 bits per heavy atom. The molecule has 1 fully saturated rings. The Bertz CT molecular complexity index is 687. The standard InChI is InChI=1S/C18H21ClN2O2/c1-12(2)7-10-20-17(22)18(8-9-18)16-11-15(23-21-16)13-3-5-14(19)6-4-13/h3-6,11-12H,7-10H2,1-2H3,(H,20,22). The Morgan fingerprint density at radius 2 is 2.04 bits per heavy atom. The summed E-state index contributed by atoms with van der Waals surface area (Å²) >= 11 is 5.90. The normalized spacial score (nSPS) is 15.7. The van der Waals surface area contributed by atoms with Gasteiger partial charge in [0.05, 0.1) is 11.1 Å². The van der Waals surface area contributed by atoms with Gasteiger partial charge in [-0.25, -0.2) is 0 Å². The molecule has 0 bridgehead atoms. The highest BCUT2D eigenvalue weighted by Crippen LogP contribution is 2.48. The van der Waals surface area contributed by atoms with Crippen LogP contribution in [0.1, 0.15) is 38.8 Å². The van der Waals surface area contributed by atoms with Crippen molar-refractivity contribution in [1.29, 1.82) is 0 Å². The van der Waals surface area contributed by atoms with Crippen molar-refractivity contribution in [2.45, 2.75) is 38.5 Å². The summed E-state index contributed by atoms with van der Waals surface area (Å²) in [6.07, 6.45) is 2.64. The molecule has 1 aromatic carbocycles. The monoisotopic (exact) mass is 332 g/mol. The van der Waals surface area contributed by atoms with Crippen LogP contribution in [0.25, 0.3) is 11.3 Å². The Kier molecular flexibility index (Phi) is 4.44. The van der Waals surface area contributed by atoms with E-state index in [9.17, 15) is 4.79 Å². The molecule has 1 aliphatic carbocycles. The van der Waals surface area contributed by atoms with Crippen molar-refractivity contribution in [2.24, 2.45) is 5.92 Å². The summed E-state index contributed by atoms with van der Waals surface area (Å²) < 4.78 is 5.44. The van der Waals surface area contributed by atoms with E-state index in [1.807, 2.05) is 30.3 Å². The summed E-state index contributed by atoms with van der Waals surface area (Å²) in [6, 6.07) is 9.26. The molecule has 1 aromatic heterocycles. The second-order valence-electron chi connectivity index (χ2n) is 6.60. The number of nitrogens with one attached hydrogen (secondary N) is 1. The quantitative estimate of drug-likeness (QED) is 0.863. The molecular formula is C18H21ClN2O2. The van der Waals surface area contributed by atoms with E-state index < -0.39 is 5.41 Å². The molecule has 1 saturated carbocycles. The molecule has 1 aliphatic rings. The maximum Gasteiger partial charge on any atom is 0.232 e. The third-order valence-corrected chi connectivity index (χ3v) is 4.57. The lowest BCUT2D eigenvalue weighted by atomic mass is 10.00. The van der Waals surface area contributed by atoms with Gasteiger partial charge < -0.3 is 9.84 Å². The minimum Gasteiger partial charge on any atom is -0.356 e. The van der Waals surface area contributed by atoms with Gasteiger partial charge in [-0.3, -0.25) is 4.79 Å². The fourth-order valence-electron chi connectivity index (χ4n) is 2.62. The number of halogens is 1. The van der Waals surface area contributed by atoms with Gasteiger partial charge in [-0.2, -0.15) is 0 Å². The Labute approximate surface area is 141 Å². The number of rotatable bonds is 6. The van der Waals surface area contributed by atoms with Gasteiger partial charge in [0.1, 0.15) is 0 Å². The number of carbonyl (C=O) groups is 1. The lowest BCUT2D eigenvalue weighted by Gasteiger charge is -2.13. The van der Waals surface area contributed by atoms with Crippen molar-refractivity contribution in [3.8, 4) is 11.3 Å². The first-order valence-electron chi connectivity index (χ1n) is 8.03. The summed E-state index contributed by atoms with van der Waals surface area (Å²) in [7, 11) is 0. The van der Waals surface area contributed by atoms with E-state index >= 15 is 0 Å². The van der Waals surface area contributed by atoms with E-state index in [-0.39, 0.29) is 5.91 Å². The third kappa shape index (κ3) is 3.42. The van der Waals surface area contributed by atoms with Gasteiger partial charge in [0.2, 0.25) is 5.91 Å². The van der Waals surface area contributed by atoms with E-state index in [0.717, 1.165) is 30.5 Å². The highest BCUT2D eigenvalue weighted by Gasteiger charge is 2.53. The predicted molar refractivity (Wildman–Crippen MR) is 90.3 cm³/mol. The molecule has 0 radical (unpaired) electrons. The number of hydrogen-bond acceptors (Lipinski definition) is 3. The van der Waals surface area contributed by atoms with Crippen LogP contribution in [0.5, 0.6) is 0 Å². The third-order valence-electron chi connectivity index (χ3n) is 4.32. The number of nitrogens with zero attached hydrogens (tertiary/aromatic N) is 1. The van der Waals surface area contributed by atoms with Crippen LogP contribution in [0.15, 0.2) is 34.9 Å². The van der Waals surface area contributed by atoms with E-state index in [0.29, 0.717) is 23.2 Å². The lowest BCUT2D eigenvalue weighted by molar-refractivity contribution is -0.123. The van der Waals surface area contributed by atoms with Crippen LogP contribution in [0.2, 0.25) is 5.02 Å². The molecule has 0 aliphatic heterocycles. The number of benzene rings is 1. The summed E-state index contributed by atoms with van der Waals surface area (Å²) in [5.74, 6) is 1.31. The number of carbonyl (C=O) groups excluding carboxylic acids is 1. The minimum absolute atomic E-state index is 0.0640. The maximum absolute atomic E-state index is 12.5. The van der Waals surface area contributed by atoms with Gasteiger partial charge in [-0.05, 0) is 49.4 Å². The number of amides is 1. The summed E-state index contributed by atoms with van der Waals surface area (Å²) in [4.78, 5) is 12.5. The molecule has 1 heterocycles. The highest BCUT2D eigenvalue weighted by molar-refractivity contribution is 6.30. The van der Waals surface area contributed by atoms with Crippen LogP contribution in [0, 0.1) is 5.92 Å². The lowest BCUT2D eigenvalue weighted by Crippen LogP contribution is -2.35.